The lowest BCUT2D eigenvalue weighted by molar-refractivity contribution is -0.122. The minimum Gasteiger partial charge on any atom is -0.494 e. The second kappa shape index (κ2) is 11.4. The molecule has 1 saturated carbocycles. The van der Waals surface area contributed by atoms with E-state index in [1.54, 1.807) is 0 Å². The Labute approximate surface area is 156 Å². The number of unbranched alkanes of at least 4 members (excludes halogenated alkanes) is 1. The predicted molar refractivity (Wildman–Crippen MR) is 106 cm³/mol. The Morgan fingerprint density at radius 2 is 1.85 bits per heavy atom. The van der Waals surface area contributed by atoms with Gasteiger partial charge in [-0.1, -0.05) is 17.7 Å². The molecular weight excluding hydrogens is 328 g/mol. The van der Waals surface area contributed by atoms with Crippen molar-refractivity contribution < 1.29 is 9.53 Å². The molecule has 1 fully saturated rings. The van der Waals surface area contributed by atoms with Crippen molar-refractivity contribution in [1.82, 2.24) is 16.0 Å². The van der Waals surface area contributed by atoms with Crippen LogP contribution in [-0.2, 0) is 4.79 Å². The van der Waals surface area contributed by atoms with E-state index in [0.717, 1.165) is 50.5 Å². The van der Waals surface area contributed by atoms with Gasteiger partial charge in [-0.25, -0.2) is 0 Å². The van der Waals surface area contributed by atoms with Gasteiger partial charge in [0.1, 0.15) is 5.75 Å². The van der Waals surface area contributed by atoms with Gasteiger partial charge in [-0.15, -0.1) is 0 Å². The number of aryl methyl sites for hydroxylation is 1. The molecule has 3 N–H and O–H groups in total. The van der Waals surface area contributed by atoms with Crippen molar-refractivity contribution in [2.45, 2.75) is 39.5 Å². The summed E-state index contributed by atoms with van der Waals surface area (Å²) in [6.07, 6.45) is 4.02. The number of rotatable bonds is 11. The molecular formula is C20H32N4O2. The number of nitrogens with zero attached hydrogens (tertiary/aromatic N) is 1. The molecule has 6 heteroatoms. The second-order valence-electron chi connectivity index (χ2n) is 6.62. The highest BCUT2D eigenvalue weighted by Gasteiger charge is 2.28. The van der Waals surface area contributed by atoms with Crippen LogP contribution in [0.2, 0.25) is 0 Å². The molecule has 1 amide bonds. The minimum atomic E-state index is 0.183. The van der Waals surface area contributed by atoms with Crippen LogP contribution in [0.25, 0.3) is 0 Å². The van der Waals surface area contributed by atoms with Crippen LogP contribution in [0, 0.1) is 12.8 Å². The van der Waals surface area contributed by atoms with Crippen molar-refractivity contribution in [2.75, 3.05) is 32.8 Å². The summed E-state index contributed by atoms with van der Waals surface area (Å²) in [4.78, 5) is 16.1. The Kier molecular flexibility index (Phi) is 8.79. The standard InChI is InChI=1S/C20H32N4O2/c1-3-21-20(24-14-13-22-19(25)17-8-9-17)23-12-4-5-15-26-18-10-6-16(2)7-11-18/h6-7,10-11,17H,3-5,8-9,12-15H2,1-2H3,(H,22,25)(H2,21,23,24). The summed E-state index contributed by atoms with van der Waals surface area (Å²) in [5.74, 6) is 2.16. The van der Waals surface area contributed by atoms with Crippen LogP contribution in [0.5, 0.6) is 5.75 Å². The monoisotopic (exact) mass is 360 g/mol. The van der Waals surface area contributed by atoms with Gasteiger partial charge in [-0.3, -0.25) is 9.79 Å². The van der Waals surface area contributed by atoms with E-state index >= 15 is 0 Å². The number of amides is 1. The fourth-order valence-corrected chi connectivity index (χ4v) is 2.43. The van der Waals surface area contributed by atoms with Crippen molar-refractivity contribution >= 4 is 11.9 Å². The first kappa shape index (κ1) is 20.1. The van der Waals surface area contributed by atoms with Crippen LogP contribution in [-0.4, -0.2) is 44.7 Å². The van der Waals surface area contributed by atoms with Crippen LogP contribution < -0.4 is 20.7 Å². The molecule has 0 saturated heterocycles. The fourth-order valence-electron chi connectivity index (χ4n) is 2.43. The zero-order valence-electron chi connectivity index (χ0n) is 16.0. The summed E-state index contributed by atoms with van der Waals surface area (Å²) >= 11 is 0. The highest BCUT2D eigenvalue weighted by atomic mass is 16.5. The molecule has 1 aromatic rings. The van der Waals surface area contributed by atoms with Gasteiger partial charge in [0.15, 0.2) is 5.96 Å². The van der Waals surface area contributed by atoms with Crippen LogP contribution in [0.15, 0.2) is 29.3 Å². The van der Waals surface area contributed by atoms with Gasteiger partial charge in [0.05, 0.1) is 6.61 Å². The van der Waals surface area contributed by atoms with E-state index < -0.39 is 0 Å². The number of ether oxygens (including phenoxy) is 1. The van der Waals surface area contributed by atoms with Gasteiger partial charge in [0, 0.05) is 32.1 Å². The predicted octanol–water partition coefficient (Wildman–Crippen LogP) is 2.24. The van der Waals surface area contributed by atoms with Crippen LogP contribution >= 0.6 is 0 Å². The third-order valence-electron chi connectivity index (χ3n) is 4.12. The number of nitrogens with one attached hydrogen (secondary N) is 3. The number of hydrogen-bond donors (Lipinski definition) is 3. The first-order chi connectivity index (χ1) is 12.7. The Morgan fingerprint density at radius 3 is 2.54 bits per heavy atom. The lowest BCUT2D eigenvalue weighted by Crippen LogP contribution is -2.41. The first-order valence-corrected chi connectivity index (χ1v) is 9.68. The van der Waals surface area contributed by atoms with Crippen LogP contribution in [0.3, 0.4) is 0 Å². The zero-order chi connectivity index (χ0) is 18.6. The molecule has 0 aromatic heterocycles. The van der Waals surface area contributed by atoms with Crippen molar-refractivity contribution in [3.05, 3.63) is 29.8 Å². The first-order valence-electron chi connectivity index (χ1n) is 9.68. The van der Waals surface area contributed by atoms with E-state index in [9.17, 15) is 4.79 Å². The molecule has 0 radical (unpaired) electrons. The molecule has 2 rings (SSSR count). The SMILES string of the molecule is CCNC(=NCCCCOc1ccc(C)cc1)NCCNC(=O)C1CC1. The summed E-state index contributed by atoms with van der Waals surface area (Å²) in [6.45, 7) is 7.69. The zero-order valence-corrected chi connectivity index (χ0v) is 16.0. The number of benzene rings is 1. The maximum absolute atomic E-state index is 11.6. The van der Waals surface area contributed by atoms with Crippen LogP contribution in [0.4, 0.5) is 0 Å². The Balaban J connectivity index is 1.55. The highest BCUT2D eigenvalue weighted by molar-refractivity contribution is 5.81. The van der Waals surface area contributed by atoms with Crippen molar-refractivity contribution in [3.63, 3.8) is 0 Å². The van der Waals surface area contributed by atoms with Crippen LogP contribution in [0.1, 0.15) is 38.2 Å². The van der Waals surface area contributed by atoms with E-state index in [4.69, 9.17) is 4.74 Å². The van der Waals surface area contributed by atoms with Gasteiger partial charge < -0.3 is 20.7 Å². The summed E-state index contributed by atoms with van der Waals surface area (Å²) in [6, 6.07) is 8.12. The number of guanidine groups is 1. The molecule has 0 atom stereocenters. The largest absolute Gasteiger partial charge is 0.494 e. The van der Waals surface area contributed by atoms with E-state index in [2.05, 4.69) is 40.0 Å². The topological polar surface area (TPSA) is 74.8 Å². The molecule has 0 spiro atoms. The minimum absolute atomic E-state index is 0.183. The Hall–Kier alpha value is -2.24. The molecule has 144 valence electrons. The quantitative estimate of drug-likeness (QED) is 0.321. The maximum Gasteiger partial charge on any atom is 0.223 e. The van der Waals surface area contributed by atoms with Gasteiger partial charge in [0.25, 0.3) is 0 Å². The second-order valence-corrected chi connectivity index (χ2v) is 6.62. The maximum atomic E-state index is 11.6. The molecule has 0 heterocycles. The lowest BCUT2D eigenvalue weighted by Gasteiger charge is -2.12. The molecule has 0 bridgehead atoms. The van der Waals surface area contributed by atoms with Crippen molar-refractivity contribution in [3.8, 4) is 5.75 Å². The number of carbonyl (C=O) groups is 1. The summed E-state index contributed by atoms with van der Waals surface area (Å²) in [7, 11) is 0. The van der Waals surface area contributed by atoms with Gasteiger partial charge in [-0.05, 0) is 51.7 Å². The molecule has 0 aliphatic heterocycles. The molecule has 6 nitrogen and oxygen atoms in total. The molecule has 1 aliphatic rings. The average Bonchev–Trinajstić information content (AvgIpc) is 3.48. The van der Waals surface area contributed by atoms with E-state index in [1.807, 2.05) is 19.1 Å². The normalized spacial score (nSPS) is 14.0. The van der Waals surface area contributed by atoms with Gasteiger partial charge in [-0.2, -0.15) is 0 Å². The fraction of sp³-hybridized carbons (Fsp3) is 0.600. The van der Waals surface area contributed by atoms with Gasteiger partial charge in [0.2, 0.25) is 5.91 Å². The van der Waals surface area contributed by atoms with E-state index in [1.165, 1.54) is 5.56 Å². The molecule has 26 heavy (non-hydrogen) atoms. The number of hydrogen-bond acceptors (Lipinski definition) is 3. The van der Waals surface area contributed by atoms with Gasteiger partial charge >= 0.3 is 0 Å². The lowest BCUT2D eigenvalue weighted by atomic mass is 10.2. The highest BCUT2D eigenvalue weighted by Crippen LogP contribution is 2.28. The smallest absolute Gasteiger partial charge is 0.223 e. The molecule has 1 aromatic carbocycles. The third kappa shape index (κ3) is 8.23. The van der Waals surface area contributed by atoms with E-state index in [0.29, 0.717) is 19.7 Å². The molecule has 1 aliphatic carbocycles. The summed E-state index contributed by atoms with van der Waals surface area (Å²) in [5.41, 5.74) is 1.24. The summed E-state index contributed by atoms with van der Waals surface area (Å²) < 4.78 is 5.72. The number of carbonyl (C=O) groups excluding carboxylic acids is 1. The third-order valence-corrected chi connectivity index (χ3v) is 4.12. The average molecular weight is 361 g/mol. The van der Waals surface area contributed by atoms with Crippen molar-refractivity contribution in [2.24, 2.45) is 10.9 Å². The van der Waals surface area contributed by atoms with Crippen molar-refractivity contribution in [1.29, 1.82) is 0 Å². The number of aliphatic imine (C=N–C) groups is 1. The summed E-state index contributed by atoms with van der Waals surface area (Å²) in [5, 5.41) is 9.42. The Morgan fingerprint density at radius 1 is 1.12 bits per heavy atom. The molecule has 0 unspecified atom stereocenters. The van der Waals surface area contributed by atoms with E-state index in [-0.39, 0.29) is 11.8 Å². The Bertz CT molecular complexity index is 568.